The van der Waals surface area contributed by atoms with E-state index in [9.17, 15) is 14.4 Å². The molecule has 0 aromatic carbocycles. The first-order chi connectivity index (χ1) is 27.9. The van der Waals surface area contributed by atoms with Gasteiger partial charge < -0.3 is 19.1 Å². The molecule has 0 aliphatic heterocycles. The molecule has 0 bridgehead atoms. The van der Waals surface area contributed by atoms with Crippen LogP contribution < -0.4 is 0 Å². The molecule has 0 spiro atoms. The third-order valence-electron chi connectivity index (χ3n) is 10.5. The summed E-state index contributed by atoms with van der Waals surface area (Å²) < 4.78 is 16.5. The minimum atomic E-state index is -0.242. The van der Waals surface area contributed by atoms with E-state index in [2.05, 4.69) is 38.2 Å². The summed E-state index contributed by atoms with van der Waals surface area (Å²) in [4.78, 5) is 41.1. The molecule has 0 rings (SSSR count). The largest absolute Gasteiger partial charge is 0.466 e. The van der Waals surface area contributed by atoms with E-state index in [1.54, 1.807) is 0 Å². The van der Waals surface area contributed by atoms with Crippen LogP contribution in [0.25, 0.3) is 0 Å². The summed E-state index contributed by atoms with van der Waals surface area (Å²) in [6.45, 7) is 7.64. The molecule has 8 nitrogen and oxygen atoms in total. The van der Waals surface area contributed by atoms with Gasteiger partial charge in [0.05, 0.1) is 32.5 Å². The van der Waals surface area contributed by atoms with Crippen molar-refractivity contribution in [3.05, 3.63) is 24.3 Å². The second kappa shape index (κ2) is 44.9. The summed E-state index contributed by atoms with van der Waals surface area (Å²) in [5.74, 6) is -0.690. The minimum Gasteiger partial charge on any atom is -0.466 e. The molecule has 0 unspecified atom stereocenters. The molecular formula is C49H92N2O6. The fourth-order valence-corrected chi connectivity index (χ4v) is 6.73. The summed E-state index contributed by atoms with van der Waals surface area (Å²) >= 11 is 0. The smallest absolute Gasteiger partial charge is 0.307 e. The standard InChI is InChI=1S/C49H92N2O6/c1-5-7-9-11-13-15-17-19-21-23-25-27-29-31-33-35-44-55-48(53)38-41-51(43-46-57-47(52)37-40-50(3)4)42-39-49(54)56-45-36-34-32-30-28-26-24-22-20-18-16-14-12-10-8-6-2/h19-22H,5-18,23-46H2,1-4H3/b21-19-,22-20-. The fraction of sp³-hybridized carbons (Fsp3) is 0.857. The van der Waals surface area contributed by atoms with Crippen LogP contribution in [-0.4, -0.2) is 87.8 Å². The van der Waals surface area contributed by atoms with Crippen molar-refractivity contribution in [2.45, 2.75) is 213 Å². The maximum absolute atomic E-state index is 12.5. The highest BCUT2D eigenvalue weighted by Gasteiger charge is 2.14. The van der Waals surface area contributed by atoms with E-state index in [1.165, 1.54) is 154 Å². The third-order valence-corrected chi connectivity index (χ3v) is 10.5. The van der Waals surface area contributed by atoms with Crippen molar-refractivity contribution >= 4 is 17.9 Å². The van der Waals surface area contributed by atoms with Crippen LogP contribution in [-0.2, 0) is 28.6 Å². The maximum atomic E-state index is 12.5. The summed E-state index contributed by atoms with van der Waals surface area (Å²) in [6.07, 6.45) is 45.2. The van der Waals surface area contributed by atoms with Crippen molar-refractivity contribution in [2.24, 2.45) is 0 Å². The highest BCUT2D eigenvalue weighted by atomic mass is 16.5. The molecule has 0 aliphatic rings. The lowest BCUT2D eigenvalue weighted by atomic mass is 10.1. The van der Waals surface area contributed by atoms with Crippen LogP contribution in [0.2, 0.25) is 0 Å². The molecule has 0 N–H and O–H groups in total. The van der Waals surface area contributed by atoms with Gasteiger partial charge in [-0.1, -0.05) is 154 Å². The molecule has 334 valence electrons. The summed E-state index contributed by atoms with van der Waals surface area (Å²) in [5, 5.41) is 0. The number of allylic oxidation sites excluding steroid dienone is 4. The molecule has 8 heteroatoms. The Morgan fingerprint density at radius 1 is 0.368 bits per heavy atom. The Morgan fingerprint density at radius 2 is 0.667 bits per heavy atom. The van der Waals surface area contributed by atoms with E-state index >= 15 is 0 Å². The van der Waals surface area contributed by atoms with E-state index in [1.807, 2.05) is 23.9 Å². The molecular weight excluding hydrogens is 713 g/mol. The molecule has 57 heavy (non-hydrogen) atoms. The lowest BCUT2D eigenvalue weighted by Gasteiger charge is -2.21. The zero-order chi connectivity index (χ0) is 41.7. The number of carbonyl (C=O) groups is 3. The van der Waals surface area contributed by atoms with E-state index in [-0.39, 0.29) is 37.4 Å². The average molecular weight is 805 g/mol. The van der Waals surface area contributed by atoms with Crippen molar-refractivity contribution in [2.75, 3.05) is 60.1 Å². The Labute approximate surface area is 352 Å². The zero-order valence-corrected chi connectivity index (χ0v) is 38.0. The lowest BCUT2D eigenvalue weighted by Crippen LogP contribution is -2.33. The van der Waals surface area contributed by atoms with Crippen LogP contribution in [0.1, 0.15) is 213 Å². The number of hydrogen-bond donors (Lipinski definition) is 0. The number of nitrogens with zero attached hydrogens (tertiary/aromatic N) is 2. The molecule has 0 heterocycles. The van der Waals surface area contributed by atoms with Gasteiger partial charge in [-0.15, -0.1) is 0 Å². The first-order valence-electron chi connectivity index (χ1n) is 24.0. The molecule has 0 aromatic rings. The zero-order valence-electron chi connectivity index (χ0n) is 38.0. The number of rotatable bonds is 44. The first kappa shape index (κ1) is 54.8. The quantitative estimate of drug-likeness (QED) is 0.0260. The Morgan fingerprint density at radius 3 is 1.02 bits per heavy atom. The lowest BCUT2D eigenvalue weighted by molar-refractivity contribution is -0.147. The van der Waals surface area contributed by atoms with Crippen LogP contribution in [0.4, 0.5) is 0 Å². The van der Waals surface area contributed by atoms with Crippen LogP contribution in [0.15, 0.2) is 24.3 Å². The predicted octanol–water partition coefficient (Wildman–Crippen LogP) is 12.7. The van der Waals surface area contributed by atoms with Gasteiger partial charge in [-0.05, 0) is 78.3 Å². The highest BCUT2D eigenvalue weighted by Crippen LogP contribution is 2.12. The Hall–Kier alpha value is -2.19. The molecule has 0 aromatic heterocycles. The maximum Gasteiger partial charge on any atom is 0.307 e. The number of hydrogen-bond acceptors (Lipinski definition) is 8. The summed E-state index contributed by atoms with van der Waals surface area (Å²) in [6, 6.07) is 0. The topological polar surface area (TPSA) is 85.4 Å². The normalized spacial score (nSPS) is 11.8. The number of carbonyl (C=O) groups excluding carboxylic acids is 3. The van der Waals surface area contributed by atoms with E-state index in [0.717, 1.165) is 25.7 Å². The highest BCUT2D eigenvalue weighted by molar-refractivity contribution is 5.70. The fourth-order valence-electron chi connectivity index (χ4n) is 6.73. The van der Waals surface area contributed by atoms with Crippen molar-refractivity contribution in [3.8, 4) is 0 Å². The number of unbranched alkanes of at least 4 members (excludes halogenated alkanes) is 24. The summed E-state index contributed by atoms with van der Waals surface area (Å²) in [5.41, 5.74) is 0. The molecule has 0 saturated carbocycles. The average Bonchev–Trinajstić information content (AvgIpc) is 3.20. The van der Waals surface area contributed by atoms with Crippen LogP contribution >= 0.6 is 0 Å². The molecule has 0 saturated heterocycles. The predicted molar refractivity (Wildman–Crippen MR) is 241 cm³/mol. The minimum absolute atomic E-state index is 0.224. The van der Waals surface area contributed by atoms with Crippen molar-refractivity contribution < 1.29 is 28.6 Å². The van der Waals surface area contributed by atoms with Gasteiger partial charge in [0, 0.05) is 26.2 Å². The Bertz CT molecular complexity index is 892. The van der Waals surface area contributed by atoms with Gasteiger partial charge in [0.2, 0.25) is 0 Å². The monoisotopic (exact) mass is 805 g/mol. The van der Waals surface area contributed by atoms with E-state index in [4.69, 9.17) is 14.2 Å². The van der Waals surface area contributed by atoms with Gasteiger partial charge in [0.25, 0.3) is 0 Å². The first-order valence-corrected chi connectivity index (χ1v) is 24.0. The van der Waals surface area contributed by atoms with Gasteiger partial charge >= 0.3 is 17.9 Å². The van der Waals surface area contributed by atoms with Gasteiger partial charge in [0.1, 0.15) is 6.61 Å². The second-order valence-electron chi connectivity index (χ2n) is 16.4. The number of ether oxygens (including phenoxy) is 3. The second-order valence-corrected chi connectivity index (χ2v) is 16.4. The van der Waals surface area contributed by atoms with E-state index < -0.39 is 0 Å². The van der Waals surface area contributed by atoms with Gasteiger partial charge in [-0.3, -0.25) is 19.3 Å². The molecule has 0 aliphatic carbocycles. The molecule has 0 atom stereocenters. The van der Waals surface area contributed by atoms with E-state index in [0.29, 0.717) is 45.8 Å². The third kappa shape index (κ3) is 44.8. The molecule has 0 radical (unpaired) electrons. The Balaban J connectivity index is 4.11. The van der Waals surface area contributed by atoms with Gasteiger partial charge in [0.15, 0.2) is 0 Å². The Kier molecular flexibility index (Phi) is 43.2. The van der Waals surface area contributed by atoms with Crippen LogP contribution in [0, 0.1) is 0 Å². The number of esters is 3. The van der Waals surface area contributed by atoms with Gasteiger partial charge in [-0.25, -0.2) is 0 Å². The van der Waals surface area contributed by atoms with Crippen LogP contribution in [0.3, 0.4) is 0 Å². The molecule has 0 fully saturated rings. The summed E-state index contributed by atoms with van der Waals surface area (Å²) in [7, 11) is 3.84. The van der Waals surface area contributed by atoms with Crippen molar-refractivity contribution in [1.82, 2.24) is 9.80 Å². The van der Waals surface area contributed by atoms with Crippen molar-refractivity contribution in [1.29, 1.82) is 0 Å². The SMILES string of the molecule is CCCCCCCC/C=C\CCCCCCCCOC(=O)CCN(CCOC(=O)CCN(C)C)CCC(=O)OCCCCCCCC/C=C\CCCCCCCC. The van der Waals surface area contributed by atoms with Crippen molar-refractivity contribution in [3.63, 3.8) is 0 Å². The van der Waals surface area contributed by atoms with Crippen LogP contribution in [0.5, 0.6) is 0 Å². The molecule has 0 amide bonds. The van der Waals surface area contributed by atoms with Gasteiger partial charge in [-0.2, -0.15) is 0 Å².